The maximum atomic E-state index is 17.0. The molecule has 0 bridgehead atoms. The molecule has 0 spiro atoms. The monoisotopic (exact) mass is 838 g/mol. The van der Waals surface area contributed by atoms with Crippen LogP contribution in [0.5, 0.6) is 0 Å². The summed E-state index contributed by atoms with van der Waals surface area (Å²) >= 11 is 15.1. The predicted octanol–water partition coefficient (Wildman–Crippen LogP) is 9.63. The maximum Gasteiger partial charge on any atom is 0.517 e. The zero-order valence-corrected chi connectivity index (χ0v) is 32.2. The summed E-state index contributed by atoms with van der Waals surface area (Å²) in [6.07, 6.45) is -0.370. The van der Waals surface area contributed by atoms with Crippen LogP contribution in [-0.4, -0.2) is 63.3 Å². The van der Waals surface area contributed by atoms with Crippen LogP contribution in [0.2, 0.25) is 10.0 Å². The molecule has 49 heavy (non-hydrogen) atoms. The van der Waals surface area contributed by atoms with Crippen LogP contribution in [0.15, 0.2) is 30.3 Å². The van der Waals surface area contributed by atoms with E-state index in [0.29, 0.717) is 41.0 Å². The van der Waals surface area contributed by atoms with Crippen molar-refractivity contribution in [1.82, 2.24) is 14.9 Å². The Morgan fingerprint density at radius 1 is 1.27 bits per heavy atom. The Morgan fingerprint density at radius 3 is 2.69 bits per heavy atom. The second kappa shape index (κ2) is 13.7. The van der Waals surface area contributed by atoms with Crippen LogP contribution in [0.4, 0.5) is 14.0 Å². The lowest BCUT2D eigenvalue weighted by Crippen LogP contribution is -2.54. The number of carbonyl (C=O) groups is 2. The van der Waals surface area contributed by atoms with Crippen molar-refractivity contribution in [2.45, 2.75) is 71.2 Å². The van der Waals surface area contributed by atoms with Gasteiger partial charge in [0.2, 0.25) is 0 Å². The van der Waals surface area contributed by atoms with Crippen LogP contribution in [-0.2, 0) is 15.9 Å². The topological polar surface area (TPSA) is 106 Å². The molecule has 4 atom stereocenters. The van der Waals surface area contributed by atoms with E-state index in [1.165, 1.54) is 0 Å². The number of carbonyl (C=O) groups excluding carboxylic acids is 2. The van der Waals surface area contributed by atoms with Gasteiger partial charge in [-0.1, -0.05) is 44.3 Å². The SMILES string of the molecule is Cc1nc2c(F)c(-c3cccc(Cl)c3Cl)c(CCC#N)cc2c2c1cc(C(C)NC(=O)OCCSI)n2C1C[N+]2(C(=O)OC(C)(C)C)C[C@H]12. The molecule has 4 heterocycles. The number of aryl methyl sites for hydroxylation is 2. The lowest BCUT2D eigenvalue weighted by atomic mass is 9.93. The van der Waals surface area contributed by atoms with Crippen LogP contribution in [0.25, 0.3) is 32.9 Å². The fraction of sp³-hybridized carbons (Fsp3) is 0.429. The molecule has 6 rings (SSSR count). The average molecular weight is 840 g/mol. The molecule has 2 saturated heterocycles. The number of ether oxygens (including phenoxy) is 2. The zero-order valence-electron chi connectivity index (χ0n) is 27.7. The molecule has 2 aromatic heterocycles. The van der Waals surface area contributed by atoms with E-state index in [-0.39, 0.29) is 63.2 Å². The van der Waals surface area contributed by atoms with Crippen molar-refractivity contribution < 1.29 is 27.9 Å². The molecule has 0 aliphatic carbocycles. The number of nitrogens with zero attached hydrogens (tertiary/aromatic N) is 4. The zero-order chi connectivity index (χ0) is 35.4. The van der Waals surface area contributed by atoms with Crippen molar-refractivity contribution in [3.63, 3.8) is 0 Å². The number of amides is 2. The Hall–Kier alpha value is -2.83. The van der Waals surface area contributed by atoms with Crippen molar-refractivity contribution in [2.75, 3.05) is 25.4 Å². The molecule has 258 valence electrons. The molecule has 2 aromatic carbocycles. The first-order valence-electron chi connectivity index (χ1n) is 16.0. The summed E-state index contributed by atoms with van der Waals surface area (Å²) in [6.45, 7) is 10.7. The summed E-state index contributed by atoms with van der Waals surface area (Å²) in [7, 11) is 1.55. The van der Waals surface area contributed by atoms with Crippen molar-refractivity contribution in [3.8, 4) is 17.2 Å². The highest BCUT2D eigenvalue weighted by Gasteiger charge is 2.77. The highest BCUT2D eigenvalue weighted by molar-refractivity contribution is 14.2. The molecule has 14 heteroatoms. The van der Waals surface area contributed by atoms with Crippen molar-refractivity contribution >= 4 is 87.3 Å². The number of rotatable bonds is 9. The third-order valence-electron chi connectivity index (χ3n) is 9.27. The first kappa shape index (κ1) is 36.0. The molecule has 2 fully saturated rings. The third kappa shape index (κ3) is 6.57. The Kier molecular flexibility index (Phi) is 10.1. The van der Waals surface area contributed by atoms with Gasteiger partial charge in [-0.25, -0.2) is 18.7 Å². The van der Waals surface area contributed by atoms with Gasteiger partial charge in [0.25, 0.3) is 0 Å². The van der Waals surface area contributed by atoms with Gasteiger partial charge in [-0.2, -0.15) is 10.1 Å². The van der Waals surface area contributed by atoms with Crippen molar-refractivity contribution in [1.29, 1.82) is 5.26 Å². The number of fused-ring (bicyclic) bond motifs is 4. The van der Waals surface area contributed by atoms with E-state index < -0.39 is 23.6 Å². The summed E-state index contributed by atoms with van der Waals surface area (Å²) in [5.74, 6) is 0.103. The number of hydrogen-bond acceptors (Lipinski definition) is 7. The second-order valence-corrected chi connectivity index (χ2v) is 16.9. The molecule has 2 aliphatic rings. The molecular weight excluding hydrogens is 803 g/mol. The maximum absolute atomic E-state index is 17.0. The van der Waals surface area contributed by atoms with E-state index in [1.807, 2.05) is 46.8 Å². The molecule has 9 nitrogen and oxygen atoms in total. The van der Waals surface area contributed by atoms with E-state index >= 15 is 4.39 Å². The normalized spacial score (nSPS) is 20.3. The summed E-state index contributed by atoms with van der Waals surface area (Å²) in [6, 6.07) is 10.5. The summed E-state index contributed by atoms with van der Waals surface area (Å²) in [4.78, 5) is 30.9. The lowest BCUT2D eigenvalue weighted by molar-refractivity contribution is -0.783. The minimum absolute atomic E-state index is 0.0417. The lowest BCUT2D eigenvalue weighted by Gasteiger charge is -2.36. The van der Waals surface area contributed by atoms with Crippen LogP contribution < -0.4 is 5.32 Å². The fourth-order valence-corrected chi connectivity index (χ4v) is 8.07. The van der Waals surface area contributed by atoms with E-state index in [9.17, 15) is 14.9 Å². The minimum atomic E-state index is -0.623. The minimum Gasteiger partial charge on any atom is -0.449 e. The molecule has 3 unspecified atom stereocenters. The van der Waals surface area contributed by atoms with Crippen LogP contribution in [0.3, 0.4) is 0 Å². The van der Waals surface area contributed by atoms with E-state index in [1.54, 1.807) is 27.1 Å². The first-order valence-corrected chi connectivity index (χ1v) is 20.3. The number of pyridine rings is 1. The molecule has 1 N–H and O–H groups in total. The average Bonchev–Trinajstić information content (AvgIpc) is 3.42. The molecule has 2 amide bonds. The number of halogens is 4. The molecule has 2 aliphatic heterocycles. The van der Waals surface area contributed by atoms with Gasteiger partial charge in [-0.15, -0.1) is 0 Å². The van der Waals surface area contributed by atoms with Gasteiger partial charge in [-0.05, 0) is 86.0 Å². The molecular formula is C35H36Cl2FIN5O4S+. The van der Waals surface area contributed by atoms with E-state index in [4.69, 9.17) is 37.7 Å². The summed E-state index contributed by atoms with van der Waals surface area (Å²) in [5.41, 5.74) is 2.95. The Morgan fingerprint density at radius 2 is 2.02 bits per heavy atom. The molecule has 0 radical (unpaired) electrons. The largest absolute Gasteiger partial charge is 0.517 e. The van der Waals surface area contributed by atoms with Crippen LogP contribution in [0, 0.1) is 24.1 Å². The van der Waals surface area contributed by atoms with Gasteiger partial charge in [0.15, 0.2) is 11.9 Å². The molecule has 0 saturated carbocycles. The van der Waals surface area contributed by atoms with Crippen molar-refractivity contribution in [2.24, 2.45) is 0 Å². The van der Waals surface area contributed by atoms with Gasteiger partial charge < -0.3 is 19.4 Å². The van der Waals surface area contributed by atoms with Crippen LogP contribution in [0.1, 0.15) is 63.2 Å². The van der Waals surface area contributed by atoms with E-state index in [0.717, 1.165) is 16.6 Å². The number of hydrogen-bond donors (Lipinski definition) is 1. The third-order valence-corrected chi connectivity index (χ3v) is 11.7. The molecule has 4 aromatic rings. The second-order valence-electron chi connectivity index (χ2n) is 13.6. The van der Waals surface area contributed by atoms with Gasteiger partial charge in [0.05, 0.1) is 27.7 Å². The number of quaternary nitrogens is 1. The first-order chi connectivity index (χ1) is 23.2. The summed E-state index contributed by atoms with van der Waals surface area (Å²) < 4.78 is 30.5. The number of benzene rings is 2. The Bertz CT molecular complexity index is 2050. The van der Waals surface area contributed by atoms with Crippen LogP contribution >= 0.6 is 53.3 Å². The number of nitrogens with one attached hydrogen (secondary N) is 1. The Balaban J connectivity index is 1.55. The predicted molar refractivity (Wildman–Crippen MR) is 200 cm³/mol. The van der Waals surface area contributed by atoms with Gasteiger partial charge >= 0.3 is 12.2 Å². The summed E-state index contributed by atoms with van der Waals surface area (Å²) in [5, 5.41) is 14.4. The number of aromatic nitrogens is 2. The Labute approximate surface area is 310 Å². The quantitative estimate of drug-likeness (QED) is 0.0775. The number of alkyl carbamates (subject to hydrolysis) is 1. The number of nitriles is 1. The highest BCUT2D eigenvalue weighted by Crippen LogP contribution is 2.54. The van der Waals surface area contributed by atoms with Gasteiger partial charge in [-0.3, -0.25) is 0 Å². The standard InChI is InChI=1S/C35H35Cl2FIN5O4S/c1-18-22-15-25(19(2)42-33(45)47-12-13-49-39)43(26-16-44(17-27(26)44)34(46)48-35(3,4)5)32(22)23-14-20(8-7-11-40)28(30(38)31(23)41-18)21-9-6-10-24(36)29(21)37/h6,9-10,14-15,19,26-27H,7-8,12-13,16-17H2,1-5H3/p+1/t19?,26?,27-,44?/m1/s1. The van der Waals surface area contributed by atoms with Gasteiger partial charge in [0.1, 0.15) is 36.9 Å². The van der Waals surface area contributed by atoms with Crippen molar-refractivity contribution in [3.05, 3.63) is 63.1 Å². The smallest absolute Gasteiger partial charge is 0.449 e. The highest BCUT2D eigenvalue weighted by atomic mass is 127. The van der Waals surface area contributed by atoms with Gasteiger partial charge in [0, 0.05) is 45.5 Å². The van der Waals surface area contributed by atoms with E-state index in [2.05, 4.69) is 37.2 Å². The fourth-order valence-electron chi connectivity index (χ4n) is 6.99.